The van der Waals surface area contributed by atoms with Crippen molar-refractivity contribution in [1.82, 2.24) is 0 Å². The first-order valence-electron chi connectivity index (χ1n) is 8.85. The molecule has 3 fully saturated rings. The molecule has 4 aliphatic rings. The molecule has 4 aliphatic carbocycles. The van der Waals surface area contributed by atoms with Gasteiger partial charge in [0.2, 0.25) is 0 Å². The van der Waals surface area contributed by atoms with Gasteiger partial charge in [-0.3, -0.25) is 4.79 Å². The van der Waals surface area contributed by atoms with Crippen molar-refractivity contribution < 1.29 is 9.90 Å². The van der Waals surface area contributed by atoms with Crippen LogP contribution < -0.4 is 0 Å². The summed E-state index contributed by atoms with van der Waals surface area (Å²) in [4.78, 5) is 11.7. The zero-order valence-corrected chi connectivity index (χ0v) is 13.5. The molecule has 2 nitrogen and oxygen atoms in total. The average molecular weight is 298 g/mol. The summed E-state index contributed by atoms with van der Waals surface area (Å²) >= 11 is 0. The highest BCUT2D eigenvalue weighted by Crippen LogP contribution is 2.64. The monoisotopic (exact) mass is 298 g/mol. The van der Waals surface area contributed by atoms with Crippen molar-refractivity contribution in [3.8, 4) is 0 Å². The number of hydrogen-bond donors (Lipinski definition) is 1. The third-order valence-electron chi connectivity index (χ3n) is 7.44. The number of carbonyl (C=O) groups excluding carboxylic acids is 1. The van der Waals surface area contributed by atoms with E-state index in [2.05, 4.69) is 19.2 Å². The Morgan fingerprint density at radius 2 is 2.00 bits per heavy atom. The lowest BCUT2D eigenvalue weighted by atomic mass is 9.50. The van der Waals surface area contributed by atoms with E-state index in [9.17, 15) is 9.90 Å². The second kappa shape index (κ2) is 4.69. The summed E-state index contributed by atoms with van der Waals surface area (Å²) in [5, 5.41) is 11.4. The smallest absolute Gasteiger partial charge is 0.155 e. The van der Waals surface area contributed by atoms with E-state index in [4.69, 9.17) is 0 Å². The van der Waals surface area contributed by atoms with Gasteiger partial charge in [0, 0.05) is 6.42 Å². The van der Waals surface area contributed by atoms with Gasteiger partial charge in [-0.1, -0.05) is 13.5 Å². The summed E-state index contributed by atoms with van der Waals surface area (Å²) in [5.74, 6) is 1.82. The highest BCUT2D eigenvalue weighted by atomic mass is 16.3. The number of ketones is 1. The van der Waals surface area contributed by atoms with Gasteiger partial charge in [0.1, 0.15) is 0 Å². The van der Waals surface area contributed by atoms with E-state index in [1.807, 2.05) is 0 Å². The molecule has 0 saturated heterocycles. The summed E-state index contributed by atoms with van der Waals surface area (Å²) in [7, 11) is 0. The third kappa shape index (κ3) is 1.74. The molecule has 0 spiro atoms. The molecule has 1 N–H and O–H groups in total. The van der Waals surface area contributed by atoms with Gasteiger partial charge >= 0.3 is 0 Å². The maximum Gasteiger partial charge on any atom is 0.155 e. The Morgan fingerprint density at radius 3 is 2.77 bits per heavy atom. The summed E-state index contributed by atoms with van der Waals surface area (Å²) in [6.45, 7) is 6.31. The molecule has 0 aliphatic heterocycles. The number of hydrogen-bond acceptors (Lipinski definition) is 2. The van der Waals surface area contributed by atoms with Gasteiger partial charge in [-0.2, -0.15) is 0 Å². The standard InChI is InChI=1S/C20H26O2/c1-3-13-5-7-17-16-6-4-14-12-15(21)8-11-20(14,22)18(16)9-10-19(13,17)2/h12,16-18,22H,1,4-11H2,2H3/t16?,17?,18?,19-,20-/m1/s1. The number of fused-ring (bicyclic) bond motifs is 5. The van der Waals surface area contributed by atoms with Gasteiger partial charge in [-0.15, -0.1) is 5.73 Å². The minimum absolute atomic E-state index is 0.205. The van der Waals surface area contributed by atoms with E-state index in [-0.39, 0.29) is 11.2 Å². The SMILES string of the molecule is C=C=C1CCC2C3CCC4=CC(=O)CC[C@]4(O)C3CC[C@]12C. The topological polar surface area (TPSA) is 37.3 Å². The largest absolute Gasteiger partial charge is 0.385 e. The van der Waals surface area contributed by atoms with Crippen molar-refractivity contribution in [1.29, 1.82) is 0 Å². The Bertz CT molecular complexity index is 609. The Morgan fingerprint density at radius 1 is 1.18 bits per heavy atom. The molecule has 0 aromatic rings. The van der Waals surface area contributed by atoms with E-state index < -0.39 is 5.60 Å². The van der Waals surface area contributed by atoms with E-state index in [1.54, 1.807) is 6.08 Å². The quantitative estimate of drug-likeness (QED) is 0.687. The number of rotatable bonds is 0. The highest BCUT2D eigenvalue weighted by Gasteiger charge is 2.58. The van der Waals surface area contributed by atoms with Crippen LogP contribution in [-0.2, 0) is 4.79 Å². The van der Waals surface area contributed by atoms with Crippen molar-refractivity contribution in [2.75, 3.05) is 0 Å². The fourth-order valence-electron chi connectivity index (χ4n) is 6.29. The van der Waals surface area contributed by atoms with E-state index >= 15 is 0 Å². The molecule has 3 unspecified atom stereocenters. The van der Waals surface area contributed by atoms with Crippen LogP contribution in [0.1, 0.15) is 58.3 Å². The maximum atomic E-state index is 11.7. The van der Waals surface area contributed by atoms with Crippen molar-refractivity contribution in [2.24, 2.45) is 23.2 Å². The van der Waals surface area contributed by atoms with Crippen LogP contribution in [0.25, 0.3) is 0 Å². The van der Waals surface area contributed by atoms with Crippen LogP contribution in [0.5, 0.6) is 0 Å². The highest BCUT2D eigenvalue weighted by molar-refractivity contribution is 5.92. The van der Waals surface area contributed by atoms with Crippen LogP contribution in [0.2, 0.25) is 0 Å². The number of allylic oxidation sites excluding steroid dienone is 1. The Kier molecular flexibility index (Phi) is 3.09. The minimum atomic E-state index is -0.696. The molecule has 22 heavy (non-hydrogen) atoms. The molecule has 0 aromatic heterocycles. The first-order valence-corrected chi connectivity index (χ1v) is 8.85. The molecule has 5 atom stereocenters. The molecule has 3 saturated carbocycles. The van der Waals surface area contributed by atoms with Crippen LogP contribution in [0.4, 0.5) is 0 Å². The summed E-state index contributed by atoms with van der Waals surface area (Å²) in [5.41, 5.74) is 5.23. The molecule has 0 amide bonds. The van der Waals surface area contributed by atoms with Gasteiger partial charge in [0.25, 0.3) is 0 Å². The molecule has 4 rings (SSSR count). The fraction of sp³-hybridized carbons (Fsp3) is 0.700. The van der Waals surface area contributed by atoms with Gasteiger partial charge in [-0.05, 0) is 85.3 Å². The predicted octanol–water partition coefficient (Wildman–Crippen LogP) is 3.95. The Balaban J connectivity index is 1.71. The molecule has 118 valence electrons. The van der Waals surface area contributed by atoms with Gasteiger partial charge in [0.15, 0.2) is 5.78 Å². The zero-order chi connectivity index (χ0) is 15.5. The average Bonchev–Trinajstić information content (AvgIpc) is 2.84. The van der Waals surface area contributed by atoms with Gasteiger partial charge in [0.05, 0.1) is 5.60 Å². The number of aliphatic hydroxyl groups is 1. The van der Waals surface area contributed by atoms with Gasteiger partial charge in [-0.25, -0.2) is 0 Å². The van der Waals surface area contributed by atoms with Crippen molar-refractivity contribution in [3.63, 3.8) is 0 Å². The second-order valence-electron chi connectivity index (χ2n) is 8.13. The van der Waals surface area contributed by atoms with Crippen molar-refractivity contribution in [2.45, 2.75) is 63.9 Å². The van der Waals surface area contributed by atoms with Crippen LogP contribution in [0.3, 0.4) is 0 Å². The first-order chi connectivity index (χ1) is 10.5. The lowest BCUT2D eigenvalue weighted by molar-refractivity contribution is -0.123. The lowest BCUT2D eigenvalue weighted by Crippen LogP contribution is -2.54. The lowest BCUT2D eigenvalue weighted by Gasteiger charge is -2.56. The Hall–Kier alpha value is -1.11. The molecule has 0 aromatic carbocycles. The fourth-order valence-corrected chi connectivity index (χ4v) is 6.29. The Labute approximate surface area is 133 Å². The number of carbonyl (C=O) groups is 1. The van der Waals surface area contributed by atoms with E-state index in [0.717, 1.165) is 37.7 Å². The van der Waals surface area contributed by atoms with Crippen LogP contribution >= 0.6 is 0 Å². The van der Waals surface area contributed by atoms with E-state index in [1.165, 1.54) is 12.0 Å². The van der Waals surface area contributed by atoms with Crippen LogP contribution in [-0.4, -0.2) is 16.5 Å². The normalized spacial score (nSPS) is 47.2. The minimum Gasteiger partial charge on any atom is -0.385 e. The van der Waals surface area contributed by atoms with Gasteiger partial charge < -0.3 is 5.11 Å². The van der Waals surface area contributed by atoms with Crippen LogP contribution in [0, 0.1) is 23.2 Å². The summed E-state index contributed by atoms with van der Waals surface area (Å²) in [6.07, 6.45) is 9.54. The molecular formula is C20H26O2. The van der Waals surface area contributed by atoms with Crippen molar-refractivity contribution in [3.05, 3.63) is 29.5 Å². The predicted molar refractivity (Wildman–Crippen MR) is 86.2 cm³/mol. The van der Waals surface area contributed by atoms with Crippen molar-refractivity contribution >= 4 is 5.78 Å². The van der Waals surface area contributed by atoms with E-state index in [0.29, 0.717) is 30.6 Å². The molecule has 0 radical (unpaired) electrons. The summed E-state index contributed by atoms with van der Waals surface area (Å²) < 4.78 is 0. The maximum absolute atomic E-state index is 11.7. The molecule has 0 bridgehead atoms. The molecule has 2 heteroatoms. The first kappa shape index (κ1) is 14.5. The third-order valence-corrected chi connectivity index (χ3v) is 7.44. The zero-order valence-electron chi connectivity index (χ0n) is 13.5. The summed E-state index contributed by atoms with van der Waals surface area (Å²) in [6, 6.07) is 0. The molecule has 0 heterocycles. The second-order valence-corrected chi connectivity index (χ2v) is 8.13. The van der Waals surface area contributed by atoms with Crippen LogP contribution in [0.15, 0.2) is 29.5 Å². The molecular weight excluding hydrogens is 272 g/mol.